The predicted octanol–water partition coefficient (Wildman–Crippen LogP) is 3.96. The number of ketones is 1. The van der Waals surface area contributed by atoms with Gasteiger partial charge in [0.1, 0.15) is 5.78 Å². The Labute approximate surface area is 128 Å². The molecule has 4 fully saturated rings. The van der Waals surface area contributed by atoms with E-state index < -0.39 is 0 Å². The minimum absolute atomic E-state index is 0.0815. The van der Waals surface area contributed by atoms with Gasteiger partial charge in [-0.2, -0.15) is 0 Å². The highest BCUT2D eigenvalue weighted by atomic mass is 16.3. The lowest BCUT2D eigenvalue weighted by molar-refractivity contribution is -0.150. The predicted molar refractivity (Wildman–Crippen MR) is 82.7 cm³/mol. The van der Waals surface area contributed by atoms with Crippen molar-refractivity contribution < 1.29 is 9.90 Å². The van der Waals surface area contributed by atoms with Crippen molar-refractivity contribution in [1.82, 2.24) is 0 Å². The summed E-state index contributed by atoms with van der Waals surface area (Å²) in [4.78, 5) is 12.4. The van der Waals surface area contributed by atoms with Crippen molar-refractivity contribution in [2.75, 3.05) is 0 Å². The number of hydrogen-bond donors (Lipinski definition) is 1. The molecule has 21 heavy (non-hydrogen) atoms. The molecular formula is C19H30O2. The second kappa shape index (κ2) is 4.57. The molecule has 0 aliphatic heterocycles. The molecule has 0 heterocycles. The number of fused-ring (bicyclic) bond motifs is 5. The van der Waals surface area contributed by atoms with Crippen LogP contribution in [0.4, 0.5) is 0 Å². The highest BCUT2D eigenvalue weighted by Crippen LogP contribution is 2.65. The molecule has 0 bridgehead atoms. The third-order valence-corrected chi connectivity index (χ3v) is 8.35. The molecule has 0 amide bonds. The standard InChI is InChI=1S/C19H30O2/c1-18-10-3-4-16(20)15(18)6-5-12-13-7-8-17(21)19(13,2)11-9-14(12)18/h12-15,17,21H,3-11H2,1-2H3/t12-,13-,14?,15?,17?,18+,19-/m0/s1. The lowest BCUT2D eigenvalue weighted by Gasteiger charge is -2.59. The van der Waals surface area contributed by atoms with Gasteiger partial charge in [0.25, 0.3) is 0 Å². The van der Waals surface area contributed by atoms with Crippen LogP contribution < -0.4 is 0 Å². The van der Waals surface area contributed by atoms with Gasteiger partial charge in [0, 0.05) is 12.3 Å². The molecule has 4 saturated carbocycles. The molecule has 0 radical (unpaired) electrons. The summed E-state index contributed by atoms with van der Waals surface area (Å²) >= 11 is 0. The Kier molecular flexibility index (Phi) is 3.10. The van der Waals surface area contributed by atoms with Crippen LogP contribution in [-0.2, 0) is 4.79 Å². The first-order valence-electron chi connectivity index (χ1n) is 9.17. The minimum atomic E-state index is -0.0815. The number of aliphatic hydroxyl groups excluding tert-OH is 1. The van der Waals surface area contributed by atoms with E-state index in [4.69, 9.17) is 0 Å². The Morgan fingerprint density at radius 3 is 2.52 bits per heavy atom. The maximum atomic E-state index is 12.4. The van der Waals surface area contributed by atoms with Gasteiger partial charge in [-0.1, -0.05) is 13.8 Å². The van der Waals surface area contributed by atoms with Gasteiger partial charge in [-0.3, -0.25) is 4.79 Å². The minimum Gasteiger partial charge on any atom is -0.393 e. The van der Waals surface area contributed by atoms with Crippen molar-refractivity contribution in [2.24, 2.45) is 34.5 Å². The van der Waals surface area contributed by atoms with Crippen molar-refractivity contribution in [3.8, 4) is 0 Å². The summed E-state index contributed by atoms with van der Waals surface area (Å²) in [7, 11) is 0. The molecule has 0 aromatic heterocycles. The monoisotopic (exact) mass is 290 g/mol. The summed E-state index contributed by atoms with van der Waals surface area (Å²) in [6.45, 7) is 4.77. The zero-order valence-corrected chi connectivity index (χ0v) is 13.6. The van der Waals surface area contributed by atoms with Gasteiger partial charge in [0.05, 0.1) is 6.10 Å². The SMILES string of the molecule is C[C@]12CCCC(=O)C1CC[C@@H]1C2CC[C@]2(C)C(O)CC[C@@H]12. The molecule has 0 spiro atoms. The molecule has 4 aliphatic carbocycles. The van der Waals surface area contributed by atoms with Crippen molar-refractivity contribution in [3.05, 3.63) is 0 Å². The van der Waals surface area contributed by atoms with E-state index in [0.29, 0.717) is 17.6 Å². The first kappa shape index (κ1) is 14.2. The smallest absolute Gasteiger partial charge is 0.136 e. The quantitative estimate of drug-likeness (QED) is 0.733. The Balaban J connectivity index is 1.66. The summed E-state index contributed by atoms with van der Waals surface area (Å²) in [5, 5.41) is 10.5. The molecule has 0 aromatic carbocycles. The third kappa shape index (κ3) is 1.77. The molecule has 3 unspecified atom stereocenters. The summed E-state index contributed by atoms with van der Waals surface area (Å²) < 4.78 is 0. The van der Waals surface area contributed by atoms with Crippen molar-refractivity contribution in [3.63, 3.8) is 0 Å². The summed E-state index contributed by atoms with van der Waals surface area (Å²) in [6.07, 6.45) is 10.1. The Morgan fingerprint density at radius 2 is 1.71 bits per heavy atom. The fourth-order valence-corrected chi connectivity index (χ4v) is 7.13. The highest BCUT2D eigenvalue weighted by molar-refractivity contribution is 5.82. The zero-order chi connectivity index (χ0) is 14.8. The van der Waals surface area contributed by atoms with Crippen LogP contribution in [0, 0.1) is 34.5 Å². The molecule has 1 N–H and O–H groups in total. The van der Waals surface area contributed by atoms with Gasteiger partial charge in [0.2, 0.25) is 0 Å². The van der Waals surface area contributed by atoms with Crippen LogP contribution in [0.25, 0.3) is 0 Å². The van der Waals surface area contributed by atoms with Gasteiger partial charge in [-0.25, -0.2) is 0 Å². The lowest BCUT2D eigenvalue weighted by atomic mass is 9.45. The van der Waals surface area contributed by atoms with E-state index in [-0.39, 0.29) is 16.9 Å². The second-order valence-corrected chi connectivity index (χ2v) is 8.97. The fourth-order valence-electron chi connectivity index (χ4n) is 7.13. The van der Waals surface area contributed by atoms with Crippen molar-refractivity contribution >= 4 is 5.78 Å². The number of hydrogen-bond acceptors (Lipinski definition) is 2. The van der Waals surface area contributed by atoms with Gasteiger partial charge in [-0.15, -0.1) is 0 Å². The van der Waals surface area contributed by atoms with Gasteiger partial charge in [0.15, 0.2) is 0 Å². The summed E-state index contributed by atoms with van der Waals surface area (Å²) in [6, 6.07) is 0. The van der Waals surface area contributed by atoms with Crippen LogP contribution in [0.5, 0.6) is 0 Å². The summed E-state index contributed by atoms with van der Waals surface area (Å²) in [5.41, 5.74) is 0.441. The molecule has 4 rings (SSSR count). The van der Waals surface area contributed by atoms with Crippen LogP contribution in [-0.4, -0.2) is 17.0 Å². The van der Waals surface area contributed by atoms with Crippen molar-refractivity contribution in [1.29, 1.82) is 0 Å². The fraction of sp³-hybridized carbons (Fsp3) is 0.947. The maximum absolute atomic E-state index is 12.4. The summed E-state index contributed by atoms with van der Waals surface area (Å²) in [5.74, 6) is 3.13. The van der Waals surface area contributed by atoms with Crippen LogP contribution in [0.15, 0.2) is 0 Å². The van der Waals surface area contributed by atoms with Gasteiger partial charge >= 0.3 is 0 Å². The molecule has 2 nitrogen and oxygen atoms in total. The van der Waals surface area contributed by atoms with E-state index in [1.165, 1.54) is 32.1 Å². The normalized spacial score (nSPS) is 56.5. The van der Waals surface area contributed by atoms with E-state index in [1.54, 1.807) is 0 Å². The van der Waals surface area contributed by atoms with Crippen LogP contribution >= 0.6 is 0 Å². The lowest BCUT2D eigenvalue weighted by Crippen LogP contribution is -2.55. The second-order valence-electron chi connectivity index (χ2n) is 8.97. The Morgan fingerprint density at radius 1 is 0.952 bits per heavy atom. The number of carbonyl (C=O) groups is 1. The number of Topliss-reactive ketones (excluding diaryl/α,β-unsaturated/α-hetero) is 1. The first-order valence-corrected chi connectivity index (χ1v) is 9.17. The van der Waals surface area contributed by atoms with E-state index >= 15 is 0 Å². The molecule has 118 valence electrons. The van der Waals surface area contributed by atoms with E-state index in [2.05, 4.69) is 13.8 Å². The van der Waals surface area contributed by atoms with E-state index in [1.807, 2.05) is 0 Å². The van der Waals surface area contributed by atoms with Gasteiger partial charge < -0.3 is 5.11 Å². The molecule has 7 atom stereocenters. The van der Waals surface area contributed by atoms with Crippen LogP contribution in [0.2, 0.25) is 0 Å². The molecular weight excluding hydrogens is 260 g/mol. The third-order valence-electron chi connectivity index (χ3n) is 8.35. The maximum Gasteiger partial charge on any atom is 0.136 e. The average Bonchev–Trinajstić information content (AvgIpc) is 2.75. The Bertz CT molecular complexity index is 458. The first-order chi connectivity index (χ1) is 9.97. The molecule has 0 aromatic rings. The number of carbonyl (C=O) groups excluding carboxylic acids is 1. The van der Waals surface area contributed by atoms with Crippen molar-refractivity contribution in [2.45, 2.75) is 77.7 Å². The highest BCUT2D eigenvalue weighted by Gasteiger charge is 2.60. The molecule has 0 saturated heterocycles. The number of aliphatic hydroxyl groups is 1. The molecule has 2 heteroatoms. The molecule has 4 aliphatic rings. The van der Waals surface area contributed by atoms with E-state index in [9.17, 15) is 9.90 Å². The van der Waals surface area contributed by atoms with Gasteiger partial charge in [-0.05, 0) is 80.0 Å². The topological polar surface area (TPSA) is 37.3 Å². The van der Waals surface area contributed by atoms with E-state index in [0.717, 1.165) is 37.5 Å². The van der Waals surface area contributed by atoms with Crippen LogP contribution in [0.3, 0.4) is 0 Å². The zero-order valence-electron chi connectivity index (χ0n) is 13.6. The number of rotatable bonds is 0. The largest absolute Gasteiger partial charge is 0.393 e. The Hall–Kier alpha value is -0.370. The average molecular weight is 290 g/mol. The van der Waals surface area contributed by atoms with Crippen LogP contribution in [0.1, 0.15) is 71.6 Å².